The zero-order valence-corrected chi connectivity index (χ0v) is 14.5. The quantitative estimate of drug-likeness (QED) is 0.784. The molecule has 0 aromatic carbocycles. The molecule has 0 bridgehead atoms. The van der Waals surface area contributed by atoms with Gasteiger partial charge in [-0.1, -0.05) is 0 Å². The lowest BCUT2D eigenvalue weighted by Crippen LogP contribution is -2.20. The normalized spacial score (nSPS) is 16.0. The summed E-state index contributed by atoms with van der Waals surface area (Å²) in [5, 5.41) is 6.56. The molecular weight excluding hydrogens is 292 g/mol. The molecule has 3 heterocycles. The summed E-state index contributed by atoms with van der Waals surface area (Å²) in [6.45, 7) is 5.80. The first-order valence-corrected chi connectivity index (χ1v) is 9.02. The van der Waals surface area contributed by atoms with Crippen molar-refractivity contribution in [2.24, 2.45) is 7.05 Å². The molecule has 0 amide bonds. The fraction of sp³-hybridized carbons (Fsp3) is 0.588. The number of likely N-dealkylation sites (tertiary alicyclic amines) is 1. The summed E-state index contributed by atoms with van der Waals surface area (Å²) in [7, 11) is 4.18. The lowest BCUT2D eigenvalue weighted by atomic mass is 10.2. The molecule has 22 heavy (non-hydrogen) atoms. The van der Waals surface area contributed by atoms with Crippen LogP contribution in [0.25, 0.3) is 0 Å². The Hall–Kier alpha value is -1.17. The van der Waals surface area contributed by atoms with E-state index in [0.29, 0.717) is 0 Å². The minimum Gasteiger partial charge on any atom is -0.301 e. The van der Waals surface area contributed by atoms with Gasteiger partial charge in [0, 0.05) is 37.8 Å². The summed E-state index contributed by atoms with van der Waals surface area (Å²) in [5.41, 5.74) is 2.80. The number of nitrogens with zero attached hydrogens (tertiary/aromatic N) is 4. The van der Waals surface area contributed by atoms with Crippen LogP contribution in [-0.2, 0) is 26.6 Å². The van der Waals surface area contributed by atoms with Gasteiger partial charge in [-0.25, -0.2) is 0 Å². The van der Waals surface area contributed by atoms with Crippen LogP contribution in [-0.4, -0.2) is 46.3 Å². The largest absolute Gasteiger partial charge is 0.301 e. The van der Waals surface area contributed by atoms with E-state index in [1.807, 2.05) is 29.3 Å². The van der Waals surface area contributed by atoms with Gasteiger partial charge in [-0.2, -0.15) is 5.10 Å². The Labute approximate surface area is 137 Å². The summed E-state index contributed by atoms with van der Waals surface area (Å²) in [6.07, 6.45) is 7.87. The number of thiophene rings is 1. The maximum absolute atomic E-state index is 4.23. The van der Waals surface area contributed by atoms with E-state index in [0.717, 1.165) is 26.1 Å². The highest BCUT2D eigenvalue weighted by atomic mass is 32.1. The first-order valence-electron chi connectivity index (χ1n) is 8.14. The average molecular weight is 318 g/mol. The molecule has 3 rings (SSSR count). The number of aromatic nitrogens is 2. The second-order valence-corrected chi connectivity index (χ2v) is 7.41. The van der Waals surface area contributed by atoms with Gasteiger partial charge in [0.25, 0.3) is 0 Å². The van der Waals surface area contributed by atoms with Crippen molar-refractivity contribution >= 4 is 11.3 Å². The van der Waals surface area contributed by atoms with Crippen molar-refractivity contribution in [3.05, 3.63) is 39.8 Å². The summed E-state index contributed by atoms with van der Waals surface area (Å²) in [6, 6.07) is 2.39. The van der Waals surface area contributed by atoms with E-state index in [-0.39, 0.29) is 0 Å². The molecule has 0 unspecified atom stereocenters. The van der Waals surface area contributed by atoms with Gasteiger partial charge in [-0.15, -0.1) is 11.3 Å². The molecule has 0 N–H and O–H groups in total. The first-order chi connectivity index (χ1) is 10.7. The van der Waals surface area contributed by atoms with Crippen LogP contribution in [0.3, 0.4) is 0 Å². The van der Waals surface area contributed by atoms with Gasteiger partial charge in [0.05, 0.1) is 6.20 Å². The molecule has 1 saturated heterocycles. The molecule has 1 fully saturated rings. The molecule has 4 nitrogen and oxygen atoms in total. The van der Waals surface area contributed by atoms with Crippen molar-refractivity contribution < 1.29 is 0 Å². The minimum absolute atomic E-state index is 1.05. The first kappa shape index (κ1) is 15.7. The second-order valence-electron chi connectivity index (χ2n) is 6.41. The zero-order valence-electron chi connectivity index (χ0n) is 13.7. The van der Waals surface area contributed by atoms with Crippen LogP contribution < -0.4 is 0 Å². The molecule has 0 spiro atoms. The maximum atomic E-state index is 4.23. The van der Waals surface area contributed by atoms with Crippen molar-refractivity contribution in [1.82, 2.24) is 19.6 Å². The van der Waals surface area contributed by atoms with Crippen LogP contribution >= 0.6 is 11.3 Å². The van der Waals surface area contributed by atoms with Gasteiger partial charge >= 0.3 is 0 Å². The third kappa shape index (κ3) is 4.41. The summed E-state index contributed by atoms with van der Waals surface area (Å²) in [4.78, 5) is 6.44. The van der Waals surface area contributed by atoms with E-state index in [9.17, 15) is 0 Å². The number of likely N-dealkylation sites (N-methyl/N-ethyl adjacent to an activating group) is 1. The van der Waals surface area contributed by atoms with Crippen molar-refractivity contribution in [3.8, 4) is 0 Å². The van der Waals surface area contributed by atoms with Crippen molar-refractivity contribution in [1.29, 1.82) is 0 Å². The topological polar surface area (TPSA) is 24.3 Å². The zero-order chi connectivity index (χ0) is 15.4. The molecule has 120 valence electrons. The molecule has 1 aliphatic rings. The van der Waals surface area contributed by atoms with Crippen LogP contribution in [0.2, 0.25) is 0 Å². The van der Waals surface area contributed by atoms with Gasteiger partial charge in [0.1, 0.15) is 0 Å². The monoisotopic (exact) mass is 318 g/mol. The van der Waals surface area contributed by atoms with Crippen LogP contribution in [0.1, 0.15) is 28.8 Å². The van der Waals surface area contributed by atoms with Gasteiger partial charge < -0.3 is 4.90 Å². The highest BCUT2D eigenvalue weighted by Gasteiger charge is 2.13. The van der Waals surface area contributed by atoms with Crippen LogP contribution in [0, 0.1) is 0 Å². The van der Waals surface area contributed by atoms with Gasteiger partial charge in [0.2, 0.25) is 0 Å². The Morgan fingerprint density at radius 2 is 2.09 bits per heavy atom. The number of aryl methyl sites for hydroxylation is 1. The Morgan fingerprint density at radius 1 is 1.27 bits per heavy atom. The molecule has 2 aromatic heterocycles. The van der Waals surface area contributed by atoms with Crippen LogP contribution in [0.5, 0.6) is 0 Å². The minimum atomic E-state index is 1.05. The summed E-state index contributed by atoms with van der Waals surface area (Å²) < 4.78 is 1.87. The standard InChI is InChI=1S/C17H26N4S/c1-19(8-5-15-10-18-20(2)11-15)13-17-9-16(14-22-17)12-21-6-3-4-7-21/h9-11,14H,3-8,12-13H2,1-2H3. The second kappa shape index (κ2) is 7.40. The lowest BCUT2D eigenvalue weighted by Gasteiger charge is -2.15. The highest BCUT2D eigenvalue weighted by Crippen LogP contribution is 2.20. The third-order valence-corrected chi connectivity index (χ3v) is 5.25. The fourth-order valence-corrected chi connectivity index (χ4v) is 4.02. The van der Waals surface area contributed by atoms with E-state index in [1.54, 1.807) is 0 Å². The molecule has 0 aliphatic carbocycles. The van der Waals surface area contributed by atoms with Crippen molar-refractivity contribution in [2.75, 3.05) is 26.7 Å². The Balaban J connectivity index is 1.44. The molecule has 0 radical (unpaired) electrons. The van der Waals surface area contributed by atoms with E-state index < -0.39 is 0 Å². The molecule has 0 saturated carbocycles. The predicted molar refractivity (Wildman–Crippen MR) is 92.1 cm³/mol. The summed E-state index contributed by atoms with van der Waals surface area (Å²) >= 11 is 1.90. The molecule has 1 aliphatic heterocycles. The fourth-order valence-electron chi connectivity index (χ4n) is 3.06. The Kier molecular flexibility index (Phi) is 5.28. The SMILES string of the molecule is CN(CCc1cnn(C)c1)Cc1cc(CN2CCCC2)cs1. The average Bonchev–Trinajstić information content (AvgIpc) is 3.21. The van der Waals surface area contributed by atoms with E-state index in [2.05, 4.69) is 39.6 Å². The Morgan fingerprint density at radius 3 is 2.82 bits per heavy atom. The predicted octanol–water partition coefficient (Wildman–Crippen LogP) is 2.75. The van der Waals surface area contributed by atoms with E-state index >= 15 is 0 Å². The maximum Gasteiger partial charge on any atom is 0.0522 e. The number of hydrogen-bond acceptors (Lipinski definition) is 4. The molecular formula is C17H26N4S. The third-order valence-electron chi connectivity index (χ3n) is 4.28. The van der Waals surface area contributed by atoms with Gasteiger partial charge in [-0.05, 0) is 62.0 Å². The Bertz CT molecular complexity index is 583. The van der Waals surface area contributed by atoms with Gasteiger partial charge in [-0.3, -0.25) is 9.58 Å². The van der Waals surface area contributed by atoms with E-state index in [1.165, 1.54) is 41.9 Å². The smallest absolute Gasteiger partial charge is 0.0522 e. The molecule has 2 aromatic rings. The number of hydrogen-bond donors (Lipinski definition) is 0. The summed E-state index contributed by atoms with van der Waals surface area (Å²) in [5.74, 6) is 0. The lowest BCUT2D eigenvalue weighted by molar-refractivity contribution is 0.329. The van der Waals surface area contributed by atoms with Gasteiger partial charge in [0.15, 0.2) is 0 Å². The molecule has 5 heteroatoms. The van der Waals surface area contributed by atoms with Crippen LogP contribution in [0.15, 0.2) is 23.8 Å². The van der Waals surface area contributed by atoms with E-state index in [4.69, 9.17) is 0 Å². The van der Waals surface area contributed by atoms with Crippen molar-refractivity contribution in [3.63, 3.8) is 0 Å². The van der Waals surface area contributed by atoms with Crippen molar-refractivity contribution in [2.45, 2.75) is 32.4 Å². The highest BCUT2D eigenvalue weighted by molar-refractivity contribution is 7.10. The van der Waals surface area contributed by atoms with Crippen LogP contribution in [0.4, 0.5) is 0 Å². The molecule has 0 atom stereocenters. The number of rotatable bonds is 7.